The molecule has 35 heavy (non-hydrogen) atoms. The van der Waals surface area contributed by atoms with Gasteiger partial charge in [0.15, 0.2) is 11.5 Å². The van der Waals surface area contributed by atoms with Gasteiger partial charge in [0.25, 0.3) is 0 Å². The number of likely N-dealkylation sites (tertiary alicyclic amines) is 1. The molecule has 0 radical (unpaired) electrons. The molecular formula is C22H31F3N4O6. The molecule has 10 nitrogen and oxygen atoms in total. The highest BCUT2D eigenvalue weighted by Crippen LogP contribution is 2.53. The summed E-state index contributed by atoms with van der Waals surface area (Å²) in [7, 11) is 4.82. The fourth-order valence-corrected chi connectivity index (χ4v) is 5.87. The van der Waals surface area contributed by atoms with Crippen molar-refractivity contribution >= 4 is 29.7 Å². The summed E-state index contributed by atoms with van der Waals surface area (Å²) in [5.41, 5.74) is -1.18. The molecule has 1 aliphatic carbocycles. The predicted molar refractivity (Wildman–Crippen MR) is 116 cm³/mol. The van der Waals surface area contributed by atoms with E-state index in [-0.39, 0.29) is 23.9 Å². The molecule has 1 saturated carbocycles. The number of esters is 1. The Bertz CT molecular complexity index is 919. The highest BCUT2D eigenvalue weighted by Gasteiger charge is 2.73. The zero-order valence-corrected chi connectivity index (χ0v) is 20.2. The van der Waals surface area contributed by atoms with Gasteiger partial charge in [-0.2, -0.15) is 13.2 Å². The van der Waals surface area contributed by atoms with Crippen molar-refractivity contribution in [3.63, 3.8) is 0 Å². The minimum atomic E-state index is -5.08. The van der Waals surface area contributed by atoms with Gasteiger partial charge < -0.3 is 19.6 Å². The first-order valence-corrected chi connectivity index (χ1v) is 11.6. The van der Waals surface area contributed by atoms with Crippen LogP contribution in [-0.2, 0) is 23.9 Å². The van der Waals surface area contributed by atoms with Gasteiger partial charge in [0.1, 0.15) is 0 Å². The Hall–Kier alpha value is -2.86. The molecule has 0 unspecified atom stereocenters. The quantitative estimate of drug-likeness (QED) is 0.454. The van der Waals surface area contributed by atoms with Crippen LogP contribution in [0, 0.1) is 11.8 Å². The molecule has 196 valence electrons. The summed E-state index contributed by atoms with van der Waals surface area (Å²) < 4.78 is 36.9. The number of rotatable bonds is 3. The lowest BCUT2D eigenvalue weighted by molar-refractivity contribution is -0.192. The molecule has 3 heterocycles. The van der Waals surface area contributed by atoms with Gasteiger partial charge in [-0.25, -0.2) is 14.6 Å². The molecule has 4 atom stereocenters. The molecule has 3 saturated heterocycles. The zero-order valence-electron chi connectivity index (χ0n) is 20.2. The maximum atomic E-state index is 13.1. The minimum Gasteiger partial charge on any atom is -0.475 e. The molecule has 13 heteroatoms. The summed E-state index contributed by atoms with van der Waals surface area (Å²) in [6.07, 6.45) is 0.960. The van der Waals surface area contributed by atoms with E-state index in [0.29, 0.717) is 13.0 Å². The Morgan fingerprint density at radius 1 is 1.14 bits per heavy atom. The van der Waals surface area contributed by atoms with Gasteiger partial charge >= 0.3 is 18.1 Å². The number of carboxylic acids is 1. The Morgan fingerprint density at radius 2 is 1.71 bits per heavy atom. The van der Waals surface area contributed by atoms with Crippen LogP contribution in [0.4, 0.5) is 13.2 Å². The third-order valence-electron chi connectivity index (χ3n) is 7.47. The van der Waals surface area contributed by atoms with Crippen LogP contribution < -0.4 is 0 Å². The van der Waals surface area contributed by atoms with Crippen LogP contribution in [-0.4, -0.2) is 101 Å². The Labute approximate surface area is 201 Å². The fourth-order valence-electron chi connectivity index (χ4n) is 5.87. The second kappa shape index (κ2) is 9.65. The van der Waals surface area contributed by atoms with E-state index in [2.05, 4.69) is 0 Å². The molecule has 0 spiro atoms. The van der Waals surface area contributed by atoms with Crippen LogP contribution in [0.2, 0.25) is 0 Å². The number of likely N-dealkylation sites (N-methyl/N-ethyl adjacent to an activating group) is 1. The van der Waals surface area contributed by atoms with Gasteiger partial charge in [-0.05, 0) is 19.3 Å². The molecule has 0 aromatic rings. The van der Waals surface area contributed by atoms with Crippen LogP contribution >= 0.6 is 0 Å². The number of methoxy groups -OCH3 is 1. The number of hydrogen-bond donors (Lipinski definition) is 1. The molecular weight excluding hydrogens is 473 g/mol. The monoisotopic (exact) mass is 504 g/mol. The zero-order chi connectivity index (χ0) is 26.3. The number of amides is 2. The van der Waals surface area contributed by atoms with Gasteiger partial charge in [0.2, 0.25) is 11.8 Å². The number of halogens is 3. The number of aliphatic imine (C=N–C) groups is 1. The normalized spacial score (nSPS) is 31.9. The lowest BCUT2D eigenvalue weighted by Gasteiger charge is -2.39. The SMILES string of the molecule is CC[C@]1(C(=O)OC)[C@H]2C(=O)N(C)C(=O)[C@H]2[C@H]2CN(C)C(=NC3CCCCC3)N21.O=C(O)C(F)(F)F. The Morgan fingerprint density at radius 3 is 2.20 bits per heavy atom. The number of hydrogen-bond acceptors (Lipinski definition) is 6. The predicted octanol–water partition coefficient (Wildman–Crippen LogP) is 1.49. The molecule has 2 amide bonds. The molecule has 0 aromatic heterocycles. The molecule has 0 bridgehead atoms. The van der Waals surface area contributed by atoms with Gasteiger partial charge in [-0.15, -0.1) is 0 Å². The topological polar surface area (TPSA) is 120 Å². The highest BCUT2D eigenvalue weighted by molar-refractivity contribution is 6.11. The first-order valence-electron chi connectivity index (χ1n) is 11.6. The van der Waals surface area contributed by atoms with E-state index in [1.54, 1.807) is 0 Å². The van der Waals surface area contributed by atoms with Crippen molar-refractivity contribution in [1.82, 2.24) is 14.7 Å². The average Bonchev–Trinajstić information content (AvgIpc) is 3.36. The van der Waals surface area contributed by atoms with E-state index in [1.165, 1.54) is 25.5 Å². The van der Waals surface area contributed by atoms with E-state index in [1.807, 2.05) is 23.8 Å². The van der Waals surface area contributed by atoms with Crippen molar-refractivity contribution in [3.8, 4) is 0 Å². The molecule has 0 aromatic carbocycles. The summed E-state index contributed by atoms with van der Waals surface area (Å²) in [5, 5.41) is 7.12. The number of carboxylic acid groups (broad SMARTS) is 1. The summed E-state index contributed by atoms with van der Waals surface area (Å²) in [6, 6.07) is -0.00976. The van der Waals surface area contributed by atoms with Crippen molar-refractivity contribution in [3.05, 3.63) is 0 Å². The van der Waals surface area contributed by atoms with Crippen molar-refractivity contribution < 1.29 is 42.2 Å². The molecule has 4 aliphatic rings. The second-order valence-electron chi connectivity index (χ2n) is 9.35. The maximum Gasteiger partial charge on any atom is 0.490 e. The maximum absolute atomic E-state index is 13.1. The number of guanidine groups is 1. The first kappa shape index (κ1) is 26.7. The van der Waals surface area contributed by atoms with Gasteiger partial charge in [-0.1, -0.05) is 26.2 Å². The second-order valence-corrected chi connectivity index (χ2v) is 9.35. The Balaban J connectivity index is 0.000000429. The third-order valence-corrected chi connectivity index (χ3v) is 7.47. The number of carbonyl (C=O) groups excluding carboxylic acids is 3. The average molecular weight is 505 g/mol. The Kier molecular flexibility index (Phi) is 7.37. The number of carbonyl (C=O) groups is 4. The van der Waals surface area contributed by atoms with E-state index >= 15 is 0 Å². The molecule has 4 rings (SSSR count). The third kappa shape index (κ3) is 4.33. The number of ether oxygens (including phenoxy) is 1. The summed E-state index contributed by atoms with van der Waals surface area (Å²) >= 11 is 0. The number of aliphatic carboxylic acids is 1. The fraction of sp³-hybridized carbons (Fsp3) is 0.773. The van der Waals surface area contributed by atoms with Crippen molar-refractivity contribution in [2.75, 3.05) is 27.7 Å². The first-order chi connectivity index (χ1) is 16.3. The molecule has 3 aliphatic heterocycles. The van der Waals surface area contributed by atoms with Crippen LogP contribution in [0.5, 0.6) is 0 Å². The van der Waals surface area contributed by atoms with Crippen molar-refractivity contribution in [2.24, 2.45) is 16.8 Å². The highest BCUT2D eigenvalue weighted by atomic mass is 19.4. The van der Waals surface area contributed by atoms with Crippen LogP contribution in [0.25, 0.3) is 0 Å². The smallest absolute Gasteiger partial charge is 0.475 e. The van der Waals surface area contributed by atoms with E-state index in [4.69, 9.17) is 19.6 Å². The van der Waals surface area contributed by atoms with E-state index in [0.717, 1.165) is 31.6 Å². The van der Waals surface area contributed by atoms with E-state index < -0.39 is 35.5 Å². The lowest BCUT2D eigenvalue weighted by atomic mass is 9.78. The summed E-state index contributed by atoms with van der Waals surface area (Å²) in [4.78, 5) is 58.2. The lowest BCUT2D eigenvalue weighted by Crippen LogP contribution is -2.60. The summed E-state index contributed by atoms with van der Waals surface area (Å²) in [6.45, 7) is 2.47. The standard InChI is InChI=1S/C20H30N4O4.C2HF3O2/c1-5-20(18(27)28-4)15-14(16(25)23(3)17(15)26)13-11-22(2)19(24(13)20)21-12-9-7-6-8-10-12;3-2(4,5)1(6)7/h12-15H,5-11H2,1-4H3;(H,6,7)/t13-,14+,15-,20-;/m1./s1. The number of alkyl halides is 3. The van der Waals surface area contributed by atoms with Crippen molar-refractivity contribution in [1.29, 1.82) is 0 Å². The largest absolute Gasteiger partial charge is 0.490 e. The van der Waals surface area contributed by atoms with Gasteiger partial charge in [0.05, 0.1) is 31.0 Å². The van der Waals surface area contributed by atoms with Crippen LogP contribution in [0.3, 0.4) is 0 Å². The van der Waals surface area contributed by atoms with E-state index in [9.17, 15) is 27.6 Å². The van der Waals surface area contributed by atoms with Gasteiger partial charge in [0, 0.05) is 20.6 Å². The molecule has 1 N–H and O–H groups in total. The van der Waals surface area contributed by atoms with Crippen LogP contribution in [0.1, 0.15) is 45.4 Å². The van der Waals surface area contributed by atoms with Crippen molar-refractivity contribution in [2.45, 2.75) is 69.2 Å². The van der Waals surface area contributed by atoms with Crippen LogP contribution in [0.15, 0.2) is 4.99 Å². The molecule has 4 fully saturated rings. The number of fused-ring (bicyclic) bond motifs is 3. The van der Waals surface area contributed by atoms with Gasteiger partial charge in [-0.3, -0.25) is 14.5 Å². The minimum absolute atomic E-state index is 0.198. The number of nitrogens with zero attached hydrogens (tertiary/aromatic N) is 4. The summed E-state index contributed by atoms with van der Waals surface area (Å²) in [5.74, 6) is -4.19. The number of imide groups is 1.